The van der Waals surface area contributed by atoms with Crippen LogP contribution in [-0.4, -0.2) is 23.5 Å². The fourth-order valence-corrected chi connectivity index (χ4v) is 4.12. The second kappa shape index (κ2) is 6.65. The third kappa shape index (κ3) is 2.85. The second-order valence-corrected chi connectivity index (χ2v) is 6.47. The minimum atomic E-state index is -0.0869. The van der Waals surface area contributed by atoms with Crippen LogP contribution in [0.25, 0.3) is 0 Å². The fourth-order valence-electron chi connectivity index (χ4n) is 3.71. The Kier molecular flexibility index (Phi) is 5.36. The summed E-state index contributed by atoms with van der Waals surface area (Å²) in [5, 5.41) is 1.42. The Bertz CT molecular complexity index is 452. The lowest BCUT2D eigenvalue weighted by molar-refractivity contribution is 0.0770. The number of hydrogen-bond acceptors (Lipinski definition) is 2. The SMILES string of the molecule is CCN(CC)C1(C(N)c2cc(Cl)ccc2Cl)CCCC1. The minimum Gasteiger partial charge on any atom is -0.322 e. The van der Waals surface area contributed by atoms with Crippen molar-refractivity contribution in [1.29, 1.82) is 0 Å². The highest BCUT2D eigenvalue weighted by Crippen LogP contribution is 2.45. The van der Waals surface area contributed by atoms with Gasteiger partial charge in [-0.05, 0) is 49.7 Å². The van der Waals surface area contributed by atoms with Crippen LogP contribution in [0.1, 0.15) is 51.1 Å². The summed E-state index contributed by atoms with van der Waals surface area (Å²) in [5.41, 5.74) is 7.68. The lowest BCUT2D eigenvalue weighted by Crippen LogP contribution is -2.53. The van der Waals surface area contributed by atoms with E-state index in [9.17, 15) is 0 Å². The molecule has 1 aliphatic rings. The zero-order valence-electron chi connectivity index (χ0n) is 12.3. The molecule has 1 fully saturated rings. The van der Waals surface area contributed by atoms with Crippen molar-refractivity contribution in [3.8, 4) is 0 Å². The molecule has 0 aromatic heterocycles. The van der Waals surface area contributed by atoms with Crippen molar-refractivity contribution in [1.82, 2.24) is 4.90 Å². The first-order chi connectivity index (χ1) is 9.55. The zero-order valence-corrected chi connectivity index (χ0v) is 13.8. The Morgan fingerprint density at radius 3 is 2.35 bits per heavy atom. The van der Waals surface area contributed by atoms with E-state index in [2.05, 4.69) is 18.7 Å². The third-order valence-electron chi connectivity index (χ3n) is 4.73. The molecule has 0 radical (unpaired) electrons. The molecular weight excluding hydrogens is 291 g/mol. The molecule has 4 heteroatoms. The molecule has 0 amide bonds. The van der Waals surface area contributed by atoms with Gasteiger partial charge in [-0.25, -0.2) is 0 Å². The lowest BCUT2D eigenvalue weighted by atomic mass is 9.82. The van der Waals surface area contributed by atoms with Gasteiger partial charge in [0.1, 0.15) is 0 Å². The molecule has 1 aromatic rings. The van der Waals surface area contributed by atoms with Crippen molar-refractivity contribution in [3.05, 3.63) is 33.8 Å². The van der Waals surface area contributed by atoms with Crippen molar-refractivity contribution < 1.29 is 0 Å². The van der Waals surface area contributed by atoms with Crippen LogP contribution in [0.15, 0.2) is 18.2 Å². The highest BCUT2D eigenvalue weighted by Gasteiger charge is 2.44. The van der Waals surface area contributed by atoms with Gasteiger partial charge >= 0.3 is 0 Å². The first-order valence-electron chi connectivity index (χ1n) is 7.50. The number of benzene rings is 1. The predicted octanol–water partition coefficient (Wildman–Crippen LogP) is 4.65. The van der Waals surface area contributed by atoms with E-state index in [1.807, 2.05) is 18.2 Å². The molecule has 2 N–H and O–H groups in total. The Morgan fingerprint density at radius 1 is 1.20 bits per heavy atom. The van der Waals surface area contributed by atoms with Crippen molar-refractivity contribution in [2.45, 2.75) is 51.1 Å². The number of hydrogen-bond donors (Lipinski definition) is 1. The summed E-state index contributed by atoms with van der Waals surface area (Å²) in [6, 6.07) is 5.51. The van der Waals surface area contributed by atoms with Gasteiger partial charge in [0.2, 0.25) is 0 Å². The molecule has 1 aromatic carbocycles. The Hall–Kier alpha value is -0.280. The van der Waals surface area contributed by atoms with Gasteiger partial charge in [-0.2, -0.15) is 0 Å². The molecule has 0 aliphatic heterocycles. The van der Waals surface area contributed by atoms with E-state index in [1.165, 1.54) is 12.8 Å². The van der Waals surface area contributed by atoms with Crippen LogP contribution in [-0.2, 0) is 0 Å². The number of nitrogens with two attached hydrogens (primary N) is 1. The van der Waals surface area contributed by atoms with Gasteiger partial charge in [-0.15, -0.1) is 0 Å². The predicted molar refractivity (Wildman–Crippen MR) is 87.5 cm³/mol. The van der Waals surface area contributed by atoms with Crippen molar-refractivity contribution >= 4 is 23.2 Å². The molecule has 1 saturated carbocycles. The van der Waals surface area contributed by atoms with E-state index in [0.717, 1.165) is 36.5 Å². The molecule has 2 rings (SSSR count). The molecule has 1 atom stereocenters. The molecule has 0 saturated heterocycles. The first kappa shape index (κ1) is 16.1. The molecule has 1 unspecified atom stereocenters. The maximum absolute atomic E-state index is 6.67. The molecule has 0 bridgehead atoms. The summed E-state index contributed by atoms with van der Waals surface area (Å²) in [5.74, 6) is 0. The summed E-state index contributed by atoms with van der Waals surface area (Å²) in [6.45, 7) is 6.44. The van der Waals surface area contributed by atoms with E-state index >= 15 is 0 Å². The maximum Gasteiger partial charge on any atom is 0.0497 e. The fraction of sp³-hybridized carbons (Fsp3) is 0.625. The quantitative estimate of drug-likeness (QED) is 0.857. The monoisotopic (exact) mass is 314 g/mol. The maximum atomic E-state index is 6.67. The second-order valence-electron chi connectivity index (χ2n) is 5.63. The number of rotatable bonds is 5. The highest BCUT2D eigenvalue weighted by atomic mass is 35.5. The van der Waals surface area contributed by atoms with Crippen molar-refractivity contribution in [2.24, 2.45) is 5.73 Å². The van der Waals surface area contributed by atoms with Gasteiger partial charge < -0.3 is 5.73 Å². The van der Waals surface area contributed by atoms with Crippen molar-refractivity contribution in [2.75, 3.05) is 13.1 Å². The zero-order chi connectivity index (χ0) is 14.8. The van der Waals surface area contributed by atoms with Crippen molar-refractivity contribution in [3.63, 3.8) is 0 Å². The van der Waals surface area contributed by atoms with Crippen LogP contribution in [0, 0.1) is 0 Å². The summed E-state index contributed by atoms with van der Waals surface area (Å²) in [6.07, 6.45) is 4.75. The molecule has 20 heavy (non-hydrogen) atoms. The van der Waals surface area contributed by atoms with E-state index < -0.39 is 0 Å². The Balaban J connectivity index is 2.41. The first-order valence-corrected chi connectivity index (χ1v) is 8.26. The average Bonchev–Trinajstić information content (AvgIpc) is 2.93. The van der Waals surface area contributed by atoms with E-state index in [4.69, 9.17) is 28.9 Å². The molecule has 1 aliphatic carbocycles. The number of likely N-dealkylation sites (N-methyl/N-ethyl adjacent to an activating group) is 1. The summed E-state index contributed by atoms with van der Waals surface area (Å²) < 4.78 is 0. The molecule has 2 nitrogen and oxygen atoms in total. The Morgan fingerprint density at radius 2 is 1.80 bits per heavy atom. The lowest BCUT2D eigenvalue weighted by Gasteiger charge is -2.45. The smallest absolute Gasteiger partial charge is 0.0497 e. The minimum absolute atomic E-state index is 0.0256. The summed E-state index contributed by atoms with van der Waals surface area (Å²) >= 11 is 12.5. The Labute approximate surface area is 132 Å². The standard InChI is InChI=1S/C16H24Cl2N2/c1-3-20(4-2)16(9-5-6-10-16)15(19)13-11-12(17)7-8-14(13)18/h7-8,11,15H,3-6,9-10,19H2,1-2H3. The summed E-state index contributed by atoms with van der Waals surface area (Å²) in [4.78, 5) is 2.50. The van der Waals surface area contributed by atoms with E-state index in [1.54, 1.807) is 0 Å². The highest BCUT2D eigenvalue weighted by molar-refractivity contribution is 6.33. The molecular formula is C16H24Cl2N2. The third-order valence-corrected chi connectivity index (χ3v) is 5.31. The van der Waals surface area contributed by atoms with Crippen LogP contribution in [0.5, 0.6) is 0 Å². The van der Waals surface area contributed by atoms with Gasteiger partial charge in [0.25, 0.3) is 0 Å². The van der Waals surface area contributed by atoms with Crippen LogP contribution in [0.3, 0.4) is 0 Å². The van der Waals surface area contributed by atoms with Gasteiger partial charge in [-0.3, -0.25) is 4.90 Å². The largest absolute Gasteiger partial charge is 0.322 e. The van der Waals surface area contributed by atoms with Crippen LogP contribution in [0.2, 0.25) is 10.0 Å². The number of halogens is 2. The average molecular weight is 315 g/mol. The van der Waals surface area contributed by atoms with Crippen LogP contribution in [0.4, 0.5) is 0 Å². The molecule has 0 spiro atoms. The summed E-state index contributed by atoms with van der Waals surface area (Å²) in [7, 11) is 0. The van der Waals surface area contributed by atoms with Gasteiger partial charge in [0.15, 0.2) is 0 Å². The van der Waals surface area contributed by atoms with E-state index in [0.29, 0.717) is 5.02 Å². The van der Waals surface area contributed by atoms with Crippen LogP contribution >= 0.6 is 23.2 Å². The molecule has 112 valence electrons. The van der Waals surface area contributed by atoms with Gasteiger partial charge in [0, 0.05) is 21.6 Å². The topological polar surface area (TPSA) is 29.3 Å². The van der Waals surface area contributed by atoms with Gasteiger partial charge in [-0.1, -0.05) is 49.9 Å². The van der Waals surface area contributed by atoms with Gasteiger partial charge in [0.05, 0.1) is 0 Å². The van der Waals surface area contributed by atoms with E-state index in [-0.39, 0.29) is 11.6 Å². The normalized spacial score (nSPS) is 19.5. The molecule has 0 heterocycles. The number of nitrogens with zero attached hydrogens (tertiary/aromatic N) is 1. The van der Waals surface area contributed by atoms with Crippen LogP contribution < -0.4 is 5.73 Å².